The Kier molecular flexibility index (Phi) is 3.75. The van der Waals surface area contributed by atoms with Crippen molar-refractivity contribution in [1.82, 2.24) is 0 Å². The van der Waals surface area contributed by atoms with Gasteiger partial charge in [-0.15, -0.1) is 0 Å². The molecule has 0 aromatic heterocycles. The lowest BCUT2D eigenvalue weighted by Crippen LogP contribution is -2.01. The van der Waals surface area contributed by atoms with Crippen molar-refractivity contribution in [3.63, 3.8) is 0 Å². The zero-order chi connectivity index (χ0) is 13.8. The van der Waals surface area contributed by atoms with Crippen molar-refractivity contribution in [2.75, 3.05) is 5.32 Å². The summed E-state index contributed by atoms with van der Waals surface area (Å²) in [6.45, 7) is 0.323. The zero-order valence-electron chi connectivity index (χ0n) is 9.86. The number of carboxylic acid groups (broad SMARTS) is 1. The second-order valence-corrected chi connectivity index (χ2v) is 3.98. The first-order valence-corrected chi connectivity index (χ1v) is 5.57. The van der Waals surface area contributed by atoms with Gasteiger partial charge in [-0.1, -0.05) is 6.07 Å². The van der Waals surface area contributed by atoms with E-state index in [2.05, 4.69) is 5.32 Å². The molecule has 2 N–H and O–H groups in total. The third kappa shape index (κ3) is 3.28. The Bertz CT molecular complexity index is 597. The molecule has 0 saturated heterocycles. The van der Waals surface area contributed by atoms with Crippen molar-refractivity contribution in [2.45, 2.75) is 6.54 Å². The largest absolute Gasteiger partial charge is 0.478 e. The van der Waals surface area contributed by atoms with Gasteiger partial charge in [-0.2, -0.15) is 0 Å². The van der Waals surface area contributed by atoms with Gasteiger partial charge in [0.2, 0.25) is 0 Å². The molecular weight excluding hydrogens is 252 g/mol. The summed E-state index contributed by atoms with van der Waals surface area (Å²) in [5.41, 5.74) is 1.49. The Morgan fingerprint density at radius 1 is 1.05 bits per heavy atom. The standard InChI is InChI=1S/C14H11F2NO2/c15-12-6-1-9(7-13(12)16)8-17-11-4-2-10(3-5-11)14(18)19/h1-7,17H,8H2,(H,18,19). The molecule has 2 aromatic rings. The summed E-state index contributed by atoms with van der Waals surface area (Å²) in [6, 6.07) is 9.84. The summed E-state index contributed by atoms with van der Waals surface area (Å²) in [7, 11) is 0. The maximum absolute atomic E-state index is 13.0. The molecule has 0 atom stereocenters. The second-order valence-electron chi connectivity index (χ2n) is 3.98. The highest BCUT2D eigenvalue weighted by atomic mass is 19.2. The number of rotatable bonds is 4. The third-order valence-corrected chi connectivity index (χ3v) is 2.61. The second kappa shape index (κ2) is 5.48. The van der Waals surface area contributed by atoms with E-state index in [1.54, 1.807) is 12.1 Å². The average Bonchev–Trinajstić information content (AvgIpc) is 2.40. The Morgan fingerprint density at radius 2 is 1.74 bits per heavy atom. The average molecular weight is 263 g/mol. The fourth-order valence-electron chi connectivity index (χ4n) is 1.58. The van der Waals surface area contributed by atoms with Crippen molar-refractivity contribution < 1.29 is 18.7 Å². The minimum atomic E-state index is -0.993. The number of benzene rings is 2. The van der Waals surface area contributed by atoms with E-state index in [9.17, 15) is 13.6 Å². The van der Waals surface area contributed by atoms with Crippen LogP contribution in [0.15, 0.2) is 42.5 Å². The van der Waals surface area contributed by atoms with Crippen molar-refractivity contribution >= 4 is 11.7 Å². The molecule has 0 aliphatic heterocycles. The molecule has 0 unspecified atom stereocenters. The number of anilines is 1. The van der Waals surface area contributed by atoms with Crippen LogP contribution in [-0.4, -0.2) is 11.1 Å². The van der Waals surface area contributed by atoms with Crippen LogP contribution in [0.25, 0.3) is 0 Å². The van der Waals surface area contributed by atoms with Gasteiger partial charge in [0.25, 0.3) is 0 Å². The Labute approximate surface area is 108 Å². The molecule has 0 radical (unpaired) electrons. The minimum Gasteiger partial charge on any atom is -0.478 e. The molecule has 0 heterocycles. The number of aromatic carboxylic acids is 1. The SMILES string of the molecule is O=C(O)c1ccc(NCc2ccc(F)c(F)c2)cc1. The fraction of sp³-hybridized carbons (Fsp3) is 0.0714. The van der Waals surface area contributed by atoms with Crippen LogP contribution in [-0.2, 0) is 6.54 Å². The third-order valence-electron chi connectivity index (χ3n) is 2.61. The van der Waals surface area contributed by atoms with E-state index in [-0.39, 0.29) is 5.56 Å². The molecule has 0 aliphatic rings. The number of carbonyl (C=O) groups is 1. The Morgan fingerprint density at radius 3 is 2.32 bits per heavy atom. The topological polar surface area (TPSA) is 49.3 Å². The zero-order valence-corrected chi connectivity index (χ0v) is 9.86. The van der Waals surface area contributed by atoms with Crippen molar-refractivity contribution in [2.24, 2.45) is 0 Å². The van der Waals surface area contributed by atoms with Crippen molar-refractivity contribution in [3.8, 4) is 0 Å². The molecule has 0 bridgehead atoms. The molecule has 98 valence electrons. The summed E-state index contributed by atoms with van der Waals surface area (Å²) in [4.78, 5) is 10.7. The summed E-state index contributed by atoms with van der Waals surface area (Å²) < 4.78 is 25.7. The quantitative estimate of drug-likeness (QED) is 0.890. The van der Waals surface area contributed by atoms with Crippen LogP contribution in [0.4, 0.5) is 14.5 Å². The Balaban J connectivity index is 2.01. The molecule has 0 spiro atoms. The van der Waals surface area contributed by atoms with Gasteiger partial charge in [-0.25, -0.2) is 13.6 Å². The molecule has 0 saturated carbocycles. The summed E-state index contributed by atoms with van der Waals surface area (Å²) in [5, 5.41) is 11.7. The molecule has 19 heavy (non-hydrogen) atoms. The maximum atomic E-state index is 13.0. The number of halogens is 2. The van der Waals surface area contributed by atoms with E-state index in [1.165, 1.54) is 18.2 Å². The first kappa shape index (κ1) is 13.0. The van der Waals surface area contributed by atoms with Gasteiger partial charge in [0.15, 0.2) is 11.6 Å². The number of carboxylic acids is 1. The van der Waals surface area contributed by atoms with Crippen LogP contribution >= 0.6 is 0 Å². The van der Waals surface area contributed by atoms with E-state index < -0.39 is 17.6 Å². The van der Waals surface area contributed by atoms with Gasteiger partial charge in [0.1, 0.15) is 0 Å². The van der Waals surface area contributed by atoms with E-state index in [0.29, 0.717) is 17.8 Å². The van der Waals surface area contributed by atoms with Gasteiger partial charge in [-0.05, 0) is 42.0 Å². The normalized spacial score (nSPS) is 10.2. The van der Waals surface area contributed by atoms with Crippen LogP contribution < -0.4 is 5.32 Å². The van der Waals surface area contributed by atoms with Gasteiger partial charge in [0, 0.05) is 12.2 Å². The molecule has 2 rings (SSSR count). The highest BCUT2D eigenvalue weighted by molar-refractivity contribution is 5.87. The first-order valence-electron chi connectivity index (χ1n) is 5.57. The molecular formula is C14H11F2NO2. The molecule has 5 heteroatoms. The van der Waals surface area contributed by atoms with Crippen molar-refractivity contribution in [3.05, 3.63) is 65.2 Å². The van der Waals surface area contributed by atoms with Gasteiger partial charge in [-0.3, -0.25) is 0 Å². The minimum absolute atomic E-state index is 0.193. The van der Waals surface area contributed by atoms with E-state index in [0.717, 1.165) is 12.1 Å². The summed E-state index contributed by atoms with van der Waals surface area (Å²) in [5.74, 6) is -2.76. The van der Waals surface area contributed by atoms with E-state index in [1.807, 2.05) is 0 Å². The van der Waals surface area contributed by atoms with Gasteiger partial charge in [0.05, 0.1) is 5.56 Å². The maximum Gasteiger partial charge on any atom is 0.335 e. The van der Waals surface area contributed by atoms with Gasteiger partial charge >= 0.3 is 5.97 Å². The highest BCUT2D eigenvalue weighted by Gasteiger charge is 2.03. The van der Waals surface area contributed by atoms with Crippen LogP contribution in [0.2, 0.25) is 0 Å². The molecule has 0 fully saturated rings. The first-order chi connectivity index (χ1) is 9.06. The predicted molar refractivity (Wildman–Crippen MR) is 67.1 cm³/mol. The lowest BCUT2D eigenvalue weighted by molar-refractivity contribution is 0.0697. The fourth-order valence-corrected chi connectivity index (χ4v) is 1.58. The van der Waals surface area contributed by atoms with E-state index in [4.69, 9.17) is 5.11 Å². The number of nitrogens with one attached hydrogen (secondary N) is 1. The monoisotopic (exact) mass is 263 g/mol. The van der Waals surface area contributed by atoms with Crippen LogP contribution in [0.5, 0.6) is 0 Å². The van der Waals surface area contributed by atoms with Crippen LogP contribution in [0.3, 0.4) is 0 Å². The lowest BCUT2D eigenvalue weighted by Gasteiger charge is -2.07. The summed E-state index contributed by atoms with van der Waals surface area (Å²) >= 11 is 0. The van der Waals surface area contributed by atoms with Crippen LogP contribution in [0.1, 0.15) is 15.9 Å². The van der Waals surface area contributed by atoms with Crippen molar-refractivity contribution in [1.29, 1.82) is 0 Å². The highest BCUT2D eigenvalue weighted by Crippen LogP contribution is 2.13. The molecule has 0 amide bonds. The lowest BCUT2D eigenvalue weighted by atomic mass is 10.2. The smallest absolute Gasteiger partial charge is 0.335 e. The summed E-state index contributed by atoms with van der Waals surface area (Å²) in [6.07, 6.45) is 0. The van der Waals surface area contributed by atoms with Crippen LogP contribution in [0, 0.1) is 11.6 Å². The van der Waals surface area contributed by atoms with Gasteiger partial charge < -0.3 is 10.4 Å². The number of hydrogen-bond acceptors (Lipinski definition) is 2. The number of hydrogen-bond donors (Lipinski definition) is 2. The molecule has 2 aromatic carbocycles. The van der Waals surface area contributed by atoms with E-state index >= 15 is 0 Å². The Hall–Kier alpha value is -2.43. The molecule has 0 aliphatic carbocycles. The predicted octanol–water partition coefficient (Wildman–Crippen LogP) is 3.28. The molecule has 3 nitrogen and oxygen atoms in total.